The zero-order chi connectivity index (χ0) is 19.0. The lowest BCUT2D eigenvalue weighted by atomic mass is 10.3. The number of nitrogens with one attached hydrogen (secondary N) is 2. The number of hydrogen-bond donors (Lipinski definition) is 2. The van der Waals surface area contributed by atoms with Gasteiger partial charge < -0.3 is 9.84 Å². The van der Waals surface area contributed by atoms with Gasteiger partial charge in [-0.15, -0.1) is 11.3 Å². The average Bonchev–Trinajstić information content (AvgIpc) is 3.20. The molecule has 0 atom stereocenters. The highest BCUT2D eigenvalue weighted by atomic mass is 32.2. The maximum Gasteiger partial charge on any atom is 0.263 e. The predicted molar refractivity (Wildman–Crippen MR) is 104 cm³/mol. The van der Waals surface area contributed by atoms with Gasteiger partial charge in [-0.2, -0.15) is 0 Å². The first kappa shape index (κ1) is 17.4. The topological polar surface area (TPSA) is 110 Å². The fourth-order valence-corrected chi connectivity index (χ4v) is 4.21. The summed E-state index contributed by atoms with van der Waals surface area (Å²) in [6.45, 7) is 3.64. The van der Waals surface area contributed by atoms with Crippen molar-refractivity contribution in [1.29, 1.82) is 0 Å². The molecule has 10 heteroatoms. The number of fused-ring (bicyclic) bond motifs is 1. The molecule has 3 aromatic heterocycles. The van der Waals surface area contributed by atoms with Crippen molar-refractivity contribution in [3.05, 3.63) is 53.3 Å². The van der Waals surface area contributed by atoms with Crippen LogP contribution in [-0.2, 0) is 10.0 Å². The summed E-state index contributed by atoms with van der Waals surface area (Å²) in [7, 11) is -3.81. The maximum absolute atomic E-state index is 12.7. The molecule has 0 saturated heterocycles. The fourth-order valence-electron chi connectivity index (χ4n) is 2.48. The van der Waals surface area contributed by atoms with Gasteiger partial charge in [0, 0.05) is 11.1 Å². The largest absolute Gasteiger partial charge is 0.336 e. The van der Waals surface area contributed by atoms with Crippen molar-refractivity contribution in [2.24, 2.45) is 0 Å². The second kappa shape index (κ2) is 6.63. The molecule has 4 rings (SSSR count). The lowest BCUT2D eigenvalue weighted by molar-refractivity contribution is 0.442. The molecule has 0 aliphatic carbocycles. The van der Waals surface area contributed by atoms with Gasteiger partial charge in [-0.25, -0.2) is 18.4 Å². The van der Waals surface area contributed by atoms with Gasteiger partial charge >= 0.3 is 0 Å². The molecule has 0 unspecified atom stereocenters. The molecule has 0 spiro atoms. The van der Waals surface area contributed by atoms with Gasteiger partial charge in [0.25, 0.3) is 15.7 Å². The van der Waals surface area contributed by atoms with Crippen LogP contribution >= 0.6 is 11.3 Å². The van der Waals surface area contributed by atoms with E-state index in [1.54, 1.807) is 25.1 Å². The van der Waals surface area contributed by atoms with Crippen molar-refractivity contribution in [1.82, 2.24) is 15.1 Å². The first-order chi connectivity index (χ1) is 12.9. The zero-order valence-corrected chi connectivity index (χ0v) is 16.1. The lowest BCUT2D eigenvalue weighted by Crippen LogP contribution is -2.13. The van der Waals surface area contributed by atoms with Crippen molar-refractivity contribution >= 4 is 49.0 Å². The Morgan fingerprint density at radius 3 is 2.74 bits per heavy atom. The Bertz CT molecular complexity index is 1230. The van der Waals surface area contributed by atoms with Gasteiger partial charge in [-0.3, -0.25) is 4.72 Å². The van der Waals surface area contributed by atoms with Gasteiger partial charge in [-0.05, 0) is 38.1 Å². The number of anilines is 3. The minimum atomic E-state index is -3.81. The highest BCUT2D eigenvalue weighted by molar-refractivity contribution is 7.92. The van der Waals surface area contributed by atoms with Gasteiger partial charge in [0.15, 0.2) is 5.13 Å². The number of aryl methyl sites for hydroxylation is 2. The van der Waals surface area contributed by atoms with Crippen LogP contribution in [0.1, 0.15) is 11.4 Å². The molecule has 27 heavy (non-hydrogen) atoms. The Morgan fingerprint density at radius 1 is 1.15 bits per heavy atom. The lowest BCUT2D eigenvalue weighted by Gasteiger charge is -2.10. The molecule has 0 bridgehead atoms. The molecule has 0 amide bonds. The number of benzene rings is 1. The molecule has 0 fully saturated rings. The maximum atomic E-state index is 12.7. The van der Waals surface area contributed by atoms with E-state index in [0.29, 0.717) is 22.5 Å². The van der Waals surface area contributed by atoms with Crippen molar-refractivity contribution in [2.75, 3.05) is 10.0 Å². The van der Waals surface area contributed by atoms with E-state index in [1.807, 2.05) is 18.4 Å². The van der Waals surface area contributed by atoms with Gasteiger partial charge in [-0.1, -0.05) is 11.2 Å². The van der Waals surface area contributed by atoms with Gasteiger partial charge in [0.1, 0.15) is 4.90 Å². The summed E-state index contributed by atoms with van der Waals surface area (Å²) in [5.74, 6) is 0. The molecular weight excluding hydrogens is 386 g/mol. The molecule has 0 aliphatic heterocycles. The third-order valence-corrected chi connectivity index (χ3v) is 6.00. The fraction of sp³-hybridized carbons (Fsp3) is 0.118. The SMILES string of the molecule is Cc1csc(Nc2cccc(NS(=O)(=O)c3cnc4onc(C)c4c3)c2)n1. The van der Waals surface area contributed by atoms with E-state index in [0.717, 1.165) is 16.5 Å². The highest BCUT2D eigenvalue weighted by Gasteiger charge is 2.18. The normalized spacial score (nSPS) is 11.6. The van der Waals surface area contributed by atoms with Gasteiger partial charge in [0.2, 0.25) is 0 Å². The summed E-state index contributed by atoms with van der Waals surface area (Å²) in [4.78, 5) is 8.39. The number of pyridine rings is 1. The summed E-state index contributed by atoms with van der Waals surface area (Å²) < 4.78 is 33.0. The number of aromatic nitrogens is 3. The van der Waals surface area contributed by atoms with Crippen molar-refractivity contribution in [3.8, 4) is 0 Å². The minimum absolute atomic E-state index is 0.0372. The number of thiazole rings is 1. The average molecular weight is 401 g/mol. The molecule has 8 nitrogen and oxygen atoms in total. The number of hydrogen-bond acceptors (Lipinski definition) is 8. The molecule has 0 saturated carbocycles. The smallest absolute Gasteiger partial charge is 0.263 e. The predicted octanol–water partition coefficient (Wildman–Crippen LogP) is 3.84. The van der Waals surface area contributed by atoms with E-state index >= 15 is 0 Å². The third-order valence-electron chi connectivity index (χ3n) is 3.78. The third kappa shape index (κ3) is 3.62. The van der Waals surface area contributed by atoms with E-state index in [-0.39, 0.29) is 4.90 Å². The zero-order valence-electron chi connectivity index (χ0n) is 14.4. The number of rotatable bonds is 5. The Hall–Kier alpha value is -2.98. The van der Waals surface area contributed by atoms with Crippen LogP contribution in [0.25, 0.3) is 11.1 Å². The van der Waals surface area contributed by atoms with Crippen LogP contribution in [-0.4, -0.2) is 23.5 Å². The molecule has 138 valence electrons. The Kier molecular flexibility index (Phi) is 4.28. The summed E-state index contributed by atoms with van der Waals surface area (Å²) in [5.41, 5.74) is 2.96. The van der Waals surface area contributed by atoms with Crippen LogP contribution in [0.4, 0.5) is 16.5 Å². The first-order valence-electron chi connectivity index (χ1n) is 7.95. The van der Waals surface area contributed by atoms with E-state index in [4.69, 9.17) is 4.52 Å². The Morgan fingerprint density at radius 2 is 1.96 bits per heavy atom. The van der Waals surface area contributed by atoms with E-state index in [1.165, 1.54) is 23.6 Å². The van der Waals surface area contributed by atoms with Crippen molar-refractivity contribution < 1.29 is 12.9 Å². The monoisotopic (exact) mass is 401 g/mol. The van der Waals surface area contributed by atoms with Crippen LogP contribution in [0, 0.1) is 13.8 Å². The van der Waals surface area contributed by atoms with Gasteiger partial charge in [0.05, 0.1) is 28.7 Å². The van der Waals surface area contributed by atoms with Crippen LogP contribution < -0.4 is 10.0 Å². The summed E-state index contributed by atoms with van der Waals surface area (Å²) in [5, 5.41) is 10.2. The van der Waals surface area contributed by atoms with Crippen LogP contribution in [0.15, 0.2) is 51.3 Å². The van der Waals surface area contributed by atoms with Crippen LogP contribution in [0.2, 0.25) is 0 Å². The minimum Gasteiger partial charge on any atom is -0.336 e. The Labute approximate surface area is 159 Å². The van der Waals surface area contributed by atoms with E-state index < -0.39 is 10.0 Å². The molecule has 3 heterocycles. The summed E-state index contributed by atoms with van der Waals surface area (Å²) >= 11 is 1.48. The number of sulfonamides is 1. The van der Waals surface area contributed by atoms with E-state index in [2.05, 4.69) is 25.2 Å². The quantitative estimate of drug-likeness (QED) is 0.523. The van der Waals surface area contributed by atoms with Crippen molar-refractivity contribution in [2.45, 2.75) is 18.7 Å². The van der Waals surface area contributed by atoms with Crippen LogP contribution in [0.3, 0.4) is 0 Å². The Balaban J connectivity index is 1.60. The molecule has 0 aliphatic rings. The highest BCUT2D eigenvalue weighted by Crippen LogP contribution is 2.25. The summed E-state index contributed by atoms with van der Waals surface area (Å²) in [6.07, 6.45) is 1.25. The summed E-state index contributed by atoms with van der Waals surface area (Å²) in [6, 6.07) is 8.46. The first-order valence-corrected chi connectivity index (χ1v) is 10.3. The molecule has 0 radical (unpaired) electrons. The second-order valence-corrected chi connectivity index (χ2v) is 8.44. The molecule has 1 aromatic carbocycles. The van der Waals surface area contributed by atoms with E-state index in [9.17, 15) is 8.42 Å². The van der Waals surface area contributed by atoms with Crippen LogP contribution in [0.5, 0.6) is 0 Å². The molecule has 2 N–H and O–H groups in total. The van der Waals surface area contributed by atoms with Crippen molar-refractivity contribution in [3.63, 3.8) is 0 Å². The second-order valence-electron chi connectivity index (χ2n) is 5.90. The molecular formula is C17H15N5O3S2. The number of nitrogens with zero attached hydrogens (tertiary/aromatic N) is 3. The standard InChI is InChI=1S/C17H15N5O3S2/c1-10-9-26-17(19-10)20-12-4-3-5-13(6-12)22-27(23,24)14-7-15-11(2)21-25-16(15)18-8-14/h3-9,22H,1-2H3,(H,19,20). The molecule has 4 aromatic rings.